The van der Waals surface area contributed by atoms with Gasteiger partial charge in [0.25, 0.3) is 5.56 Å². The molecule has 7 nitrogen and oxygen atoms in total. The lowest BCUT2D eigenvalue weighted by molar-refractivity contribution is 0.277. The molecule has 5 rings (SSSR count). The van der Waals surface area contributed by atoms with Crippen molar-refractivity contribution in [2.45, 2.75) is 45.2 Å². The number of likely N-dealkylation sites (tertiary alicyclic amines) is 1. The minimum absolute atomic E-state index is 0.192. The van der Waals surface area contributed by atoms with Crippen LogP contribution in [-0.2, 0) is 13.1 Å². The number of piperidine rings is 1. The molecule has 3 aliphatic rings. The zero-order valence-electron chi connectivity index (χ0n) is 16.8. The molecule has 0 aliphatic carbocycles. The molecule has 8 heteroatoms. The van der Waals surface area contributed by atoms with E-state index in [1.165, 1.54) is 12.8 Å². The number of rotatable bonds is 3. The molecule has 5 heterocycles. The van der Waals surface area contributed by atoms with Gasteiger partial charge in [0, 0.05) is 43.4 Å². The van der Waals surface area contributed by atoms with Gasteiger partial charge in [-0.05, 0) is 51.3 Å². The summed E-state index contributed by atoms with van der Waals surface area (Å²) >= 11 is 6.50. The van der Waals surface area contributed by atoms with E-state index in [1.54, 1.807) is 0 Å². The van der Waals surface area contributed by atoms with Gasteiger partial charge in [-0.25, -0.2) is 4.98 Å². The predicted octanol–water partition coefficient (Wildman–Crippen LogP) is 2.40. The van der Waals surface area contributed by atoms with Gasteiger partial charge in [-0.2, -0.15) is 4.98 Å². The Balaban J connectivity index is 1.44. The number of fused-ring (bicyclic) bond motifs is 4. The predicted molar refractivity (Wildman–Crippen MR) is 114 cm³/mol. The Morgan fingerprint density at radius 1 is 1.17 bits per heavy atom. The summed E-state index contributed by atoms with van der Waals surface area (Å²) in [5.41, 5.74) is 8.83. The molecule has 0 spiro atoms. The Labute approximate surface area is 175 Å². The Kier molecular flexibility index (Phi) is 4.75. The van der Waals surface area contributed by atoms with E-state index >= 15 is 0 Å². The number of hydrogen-bond acceptors (Lipinski definition) is 6. The minimum Gasteiger partial charge on any atom is -0.368 e. The monoisotopic (exact) mass is 414 g/mol. The topological polar surface area (TPSA) is 80.3 Å². The van der Waals surface area contributed by atoms with E-state index in [-0.39, 0.29) is 11.5 Å². The molecule has 0 radical (unpaired) electrons. The normalized spacial score (nSPS) is 24.0. The van der Waals surface area contributed by atoms with Crippen molar-refractivity contribution in [2.24, 2.45) is 5.92 Å². The van der Waals surface area contributed by atoms with E-state index in [1.807, 2.05) is 17.6 Å². The van der Waals surface area contributed by atoms with Crippen LogP contribution in [0.4, 0.5) is 11.8 Å². The molecule has 0 unspecified atom stereocenters. The molecule has 2 aromatic rings. The van der Waals surface area contributed by atoms with Crippen LogP contribution >= 0.6 is 11.6 Å². The van der Waals surface area contributed by atoms with E-state index in [0.717, 1.165) is 56.9 Å². The standard InChI is InChI=1S/C21H27ClN6O/c1-13-18(22)19(25-21(23)24-13)27-9-14-8-16(12-27)17-5-4-15(20(29)28(17)10-14)11-26-6-2-3-7-26/h4-5,14,16H,2-3,6-12H2,1H3,(H2,23,24,25)/t14-,16+/m0/s1. The number of nitrogens with two attached hydrogens (primary N) is 1. The zero-order valence-corrected chi connectivity index (χ0v) is 17.5. The molecule has 2 aromatic heterocycles. The molecule has 2 bridgehead atoms. The first-order valence-electron chi connectivity index (χ1n) is 10.5. The van der Waals surface area contributed by atoms with Crippen LogP contribution < -0.4 is 16.2 Å². The first kappa shape index (κ1) is 18.9. The summed E-state index contributed by atoms with van der Waals surface area (Å²) < 4.78 is 2.03. The fraction of sp³-hybridized carbons (Fsp3) is 0.571. The third-order valence-electron chi connectivity index (χ3n) is 6.59. The highest BCUT2D eigenvalue weighted by molar-refractivity contribution is 6.33. The second-order valence-corrected chi connectivity index (χ2v) is 9.07. The van der Waals surface area contributed by atoms with Gasteiger partial charge < -0.3 is 15.2 Å². The van der Waals surface area contributed by atoms with Crippen LogP contribution in [0.2, 0.25) is 5.02 Å². The van der Waals surface area contributed by atoms with Crippen molar-refractivity contribution in [3.05, 3.63) is 44.5 Å². The third-order valence-corrected chi connectivity index (χ3v) is 7.03. The minimum atomic E-state index is 0.192. The van der Waals surface area contributed by atoms with Gasteiger partial charge in [-0.15, -0.1) is 0 Å². The fourth-order valence-electron chi connectivity index (χ4n) is 5.24. The number of hydrogen-bond donors (Lipinski definition) is 1. The van der Waals surface area contributed by atoms with Crippen LogP contribution in [-0.4, -0.2) is 45.6 Å². The molecule has 2 saturated heterocycles. The van der Waals surface area contributed by atoms with Crippen LogP contribution in [0, 0.1) is 12.8 Å². The Bertz CT molecular complexity index is 999. The average molecular weight is 415 g/mol. The van der Waals surface area contributed by atoms with Gasteiger partial charge in [-0.1, -0.05) is 17.7 Å². The van der Waals surface area contributed by atoms with Crippen LogP contribution in [0.1, 0.15) is 42.1 Å². The summed E-state index contributed by atoms with van der Waals surface area (Å²) in [6.07, 6.45) is 3.57. The molecular formula is C21H27ClN6O. The molecule has 0 aromatic carbocycles. The lowest BCUT2D eigenvalue weighted by Crippen LogP contribution is -2.48. The number of nitrogen functional groups attached to an aromatic ring is 1. The van der Waals surface area contributed by atoms with Gasteiger partial charge >= 0.3 is 0 Å². The van der Waals surface area contributed by atoms with Crippen molar-refractivity contribution in [3.63, 3.8) is 0 Å². The van der Waals surface area contributed by atoms with Crippen molar-refractivity contribution in [3.8, 4) is 0 Å². The van der Waals surface area contributed by atoms with E-state index in [2.05, 4.69) is 25.8 Å². The highest BCUT2D eigenvalue weighted by Gasteiger charge is 2.36. The lowest BCUT2D eigenvalue weighted by atomic mass is 9.83. The van der Waals surface area contributed by atoms with E-state index < -0.39 is 0 Å². The number of aromatic nitrogens is 3. The van der Waals surface area contributed by atoms with E-state index in [4.69, 9.17) is 17.3 Å². The van der Waals surface area contributed by atoms with Gasteiger partial charge in [0.05, 0.1) is 5.69 Å². The molecule has 154 valence electrons. The Hall–Kier alpha value is -2.12. The summed E-state index contributed by atoms with van der Waals surface area (Å²) in [5.74, 6) is 1.66. The molecule has 0 amide bonds. The van der Waals surface area contributed by atoms with Gasteiger partial charge in [0.15, 0.2) is 5.82 Å². The second-order valence-electron chi connectivity index (χ2n) is 8.69. The van der Waals surface area contributed by atoms with Crippen molar-refractivity contribution in [1.29, 1.82) is 0 Å². The van der Waals surface area contributed by atoms with Crippen LogP contribution in [0.25, 0.3) is 0 Å². The van der Waals surface area contributed by atoms with Crippen LogP contribution in [0.5, 0.6) is 0 Å². The summed E-state index contributed by atoms with van der Waals surface area (Å²) in [7, 11) is 0. The average Bonchev–Trinajstić information content (AvgIpc) is 3.20. The number of anilines is 2. The van der Waals surface area contributed by atoms with E-state index in [0.29, 0.717) is 28.4 Å². The van der Waals surface area contributed by atoms with Gasteiger partial charge in [0.2, 0.25) is 5.95 Å². The van der Waals surface area contributed by atoms with E-state index in [9.17, 15) is 4.79 Å². The van der Waals surface area contributed by atoms with Gasteiger partial charge in [0.1, 0.15) is 5.02 Å². The van der Waals surface area contributed by atoms with Crippen molar-refractivity contribution in [2.75, 3.05) is 36.8 Å². The fourth-order valence-corrected chi connectivity index (χ4v) is 5.44. The molecule has 3 aliphatic heterocycles. The zero-order chi connectivity index (χ0) is 20.1. The summed E-state index contributed by atoms with van der Waals surface area (Å²) in [6.45, 7) is 7.20. The number of aryl methyl sites for hydroxylation is 1. The smallest absolute Gasteiger partial charge is 0.255 e. The first-order valence-corrected chi connectivity index (χ1v) is 10.9. The third kappa shape index (κ3) is 3.40. The number of halogens is 1. The summed E-state index contributed by atoms with van der Waals surface area (Å²) in [6, 6.07) is 4.21. The number of pyridine rings is 1. The van der Waals surface area contributed by atoms with Crippen LogP contribution in [0.15, 0.2) is 16.9 Å². The lowest BCUT2D eigenvalue weighted by Gasteiger charge is -2.43. The molecule has 2 N–H and O–H groups in total. The maximum absolute atomic E-state index is 13.2. The maximum Gasteiger partial charge on any atom is 0.255 e. The summed E-state index contributed by atoms with van der Waals surface area (Å²) in [5, 5.41) is 0.567. The van der Waals surface area contributed by atoms with Gasteiger partial charge in [-0.3, -0.25) is 9.69 Å². The Morgan fingerprint density at radius 2 is 1.97 bits per heavy atom. The first-order chi connectivity index (χ1) is 14.0. The highest BCUT2D eigenvalue weighted by atomic mass is 35.5. The second kappa shape index (κ2) is 7.29. The molecular weight excluding hydrogens is 388 g/mol. The summed E-state index contributed by atoms with van der Waals surface area (Å²) in [4.78, 5) is 26.4. The molecule has 0 saturated carbocycles. The largest absolute Gasteiger partial charge is 0.368 e. The van der Waals surface area contributed by atoms with Crippen molar-refractivity contribution >= 4 is 23.4 Å². The Morgan fingerprint density at radius 3 is 2.76 bits per heavy atom. The number of nitrogens with zero attached hydrogens (tertiary/aromatic N) is 5. The SMILES string of the molecule is Cc1nc(N)nc(N2C[C@@H]3C[C@H](C2)c2ccc(CN4CCCC4)c(=O)n2C3)c1Cl. The quantitative estimate of drug-likeness (QED) is 0.830. The van der Waals surface area contributed by atoms with Crippen molar-refractivity contribution in [1.82, 2.24) is 19.4 Å². The molecule has 29 heavy (non-hydrogen) atoms. The highest BCUT2D eigenvalue weighted by Crippen LogP contribution is 2.39. The molecule has 2 fully saturated rings. The van der Waals surface area contributed by atoms with Crippen LogP contribution in [0.3, 0.4) is 0 Å². The van der Waals surface area contributed by atoms with Crippen molar-refractivity contribution < 1.29 is 0 Å². The molecule has 2 atom stereocenters. The maximum atomic E-state index is 13.2.